The normalized spacial score (nSPS) is 11.2. The van der Waals surface area contributed by atoms with Crippen LogP contribution in [0.1, 0.15) is 0 Å². The highest BCUT2D eigenvalue weighted by Gasteiger charge is 2.13. The summed E-state index contributed by atoms with van der Waals surface area (Å²) in [5, 5.41) is 0. The van der Waals surface area contributed by atoms with E-state index in [2.05, 4.69) is 72.0 Å². The summed E-state index contributed by atoms with van der Waals surface area (Å²) in [6.45, 7) is 3.67. The van der Waals surface area contributed by atoms with Crippen LogP contribution < -0.4 is 0 Å². The first kappa shape index (κ1) is 8.15. The molecule has 0 aromatic heterocycles. The van der Waals surface area contributed by atoms with E-state index in [4.69, 9.17) is 0 Å². The monoisotopic (exact) mass is 436 g/mol. The second-order valence-corrected chi connectivity index (χ2v) is 36.1. The van der Waals surface area contributed by atoms with E-state index < -0.39 is 0.564 Å². The van der Waals surface area contributed by atoms with Crippen LogP contribution >= 0.6 is 65.4 Å². The average Bonchev–Trinajstić information content (AvgIpc) is 1.35. The molecule has 0 spiro atoms. The Hall–Kier alpha value is 2.15. The molecule has 0 N–H and O–H groups in total. The van der Waals surface area contributed by atoms with Crippen LogP contribution in [0.15, 0.2) is 12.3 Å². The SMILES string of the molecule is C=C[Si](I)(I)I. The van der Waals surface area contributed by atoms with Crippen LogP contribution in [0.25, 0.3) is 0 Å². The third kappa shape index (κ3) is 6.15. The molecular formula is C2H3I3Si. The topological polar surface area (TPSA) is 0 Å². The zero-order valence-corrected chi connectivity index (χ0v) is 10.4. The number of rotatable bonds is 1. The molecule has 0 saturated heterocycles. The quantitative estimate of drug-likeness (QED) is 0.337. The summed E-state index contributed by atoms with van der Waals surface area (Å²) in [4.78, 5) is 0. The molecule has 0 aliphatic carbocycles. The van der Waals surface area contributed by atoms with Gasteiger partial charge in [0.2, 0.25) is 0 Å². The fraction of sp³-hybridized carbons (Fsp3) is 0. The van der Waals surface area contributed by atoms with Gasteiger partial charge in [0.1, 0.15) is 0 Å². The second kappa shape index (κ2) is 3.23. The highest BCUT2D eigenvalue weighted by atomic mass is 127. The lowest BCUT2D eigenvalue weighted by Crippen LogP contribution is -1.96. The van der Waals surface area contributed by atoms with Crippen LogP contribution in [0, 0.1) is 0 Å². The van der Waals surface area contributed by atoms with E-state index >= 15 is 0 Å². The van der Waals surface area contributed by atoms with Gasteiger partial charge in [-0.25, -0.2) is 0 Å². The first-order valence-electron chi connectivity index (χ1n) is 1.26. The van der Waals surface area contributed by atoms with Crippen molar-refractivity contribution >= 4 is 66.0 Å². The average molecular weight is 436 g/mol. The molecule has 0 heterocycles. The molecule has 0 aromatic carbocycles. The van der Waals surface area contributed by atoms with Crippen molar-refractivity contribution in [2.24, 2.45) is 0 Å². The summed E-state index contributed by atoms with van der Waals surface area (Å²) in [7, 11) is 0. The van der Waals surface area contributed by atoms with E-state index in [1.54, 1.807) is 0 Å². The number of hydrogen-bond donors (Lipinski definition) is 0. The minimum Gasteiger partial charge on any atom is -0.105 e. The number of halogens is 3. The van der Waals surface area contributed by atoms with Gasteiger partial charge in [-0.15, -0.1) is 6.58 Å². The van der Waals surface area contributed by atoms with E-state index in [9.17, 15) is 0 Å². The Morgan fingerprint density at radius 2 is 1.50 bits per heavy atom. The summed E-state index contributed by atoms with van der Waals surface area (Å²) in [6, 6.07) is 0. The lowest BCUT2D eigenvalue weighted by molar-refractivity contribution is 2.61. The van der Waals surface area contributed by atoms with Crippen molar-refractivity contribution in [2.45, 2.75) is 0 Å². The fourth-order valence-electron chi connectivity index (χ4n) is 0. The van der Waals surface area contributed by atoms with Crippen molar-refractivity contribution in [3.05, 3.63) is 12.3 Å². The predicted molar refractivity (Wildman–Crippen MR) is 58.0 cm³/mol. The molecule has 4 heteroatoms. The van der Waals surface area contributed by atoms with E-state index in [1.165, 1.54) is 0 Å². The van der Waals surface area contributed by atoms with Gasteiger partial charge in [-0.3, -0.25) is 0 Å². The summed E-state index contributed by atoms with van der Waals surface area (Å²) in [6.07, 6.45) is 0. The fourth-order valence-corrected chi connectivity index (χ4v) is 0. The van der Waals surface area contributed by atoms with Crippen molar-refractivity contribution in [1.82, 2.24) is 0 Å². The van der Waals surface area contributed by atoms with Crippen molar-refractivity contribution in [3.8, 4) is 0 Å². The first-order chi connectivity index (χ1) is 2.56. The molecule has 0 rings (SSSR count). The molecule has 0 nitrogen and oxygen atoms in total. The van der Waals surface area contributed by atoms with Gasteiger partial charge >= 0.3 is 0 Å². The Bertz CT molecular complexity index is 54.3. The Morgan fingerprint density at radius 3 is 1.50 bits per heavy atom. The van der Waals surface area contributed by atoms with E-state index in [0.717, 1.165) is 0 Å². The number of hydrogen-bond acceptors (Lipinski definition) is 0. The van der Waals surface area contributed by atoms with Crippen LogP contribution in [0.5, 0.6) is 0 Å². The van der Waals surface area contributed by atoms with Crippen LogP contribution in [0.4, 0.5) is 0 Å². The Kier molecular flexibility index (Phi) is 4.38. The minimum absolute atomic E-state index is 0.957. The van der Waals surface area contributed by atoms with Crippen LogP contribution in [-0.2, 0) is 0 Å². The lowest BCUT2D eigenvalue weighted by Gasteiger charge is -1.95. The van der Waals surface area contributed by atoms with Crippen LogP contribution in [-0.4, -0.2) is 0.564 Å². The zero-order valence-electron chi connectivity index (χ0n) is 2.92. The molecule has 0 amide bonds. The zero-order chi connectivity index (χ0) is 5.21. The molecule has 0 saturated carbocycles. The van der Waals surface area contributed by atoms with Crippen molar-refractivity contribution in [1.29, 1.82) is 0 Å². The maximum absolute atomic E-state index is 3.67. The minimum atomic E-state index is -0.957. The smallest absolute Gasteiger partial charge is 0.105 e. The molecular weight excluding hydrogens is 433 g/mol. The molecule has 0 atom stereocenters. The molecule has 0 aliphatic rings. The summed E-state index contributed by atoms with van der Waals surface area (Å²) in [5.74, 6) is 0. The largest absolute Gasteiger partial charge is 0.276 e. The molecule has 0 aromatic rings. The molecule has 0 aliphatic heterocycles. The Morgan fingerprint density at radius 1 is 1.33 bits per heavy atom. The Balaban J connectivity index is 3.45. The molecule has 0 radical (unpaired) electrons. The molecule has 36 valence electrons. The summed E-state index contributed by atoms with van der Waals surface area (Å²) >= 11 is 7.30. The summed E-state index contributed by atoms with van der Waals surface area (Å²) in [5.41, 5.74) is 2.04. The standard InChI is InChI=1S/C2H3I3Si/c1-2-6(3,4)5/h2H,1H2. The second-order valence-electron chi connectivity index (χ2n) is 0.746. The first-order valence-corrected chi connectivity index (χ1v) is 12.7. The van der Waals surface area contributed by atoms with Crippen molar-refractivity contribution in [3.63, 3.8) is 0 Å². The van der Waals surface area contributed by atoms with E-state index in [0.29, 0.717) is 0 Å². The molecule has 0 unspecified atom stereocenters. The van der Waals surface area contributed by atoms with Crippen molar-refractivity contribution in [2.75, 3.05) is 0 Å². The predicted octanol–water partition coefficient (Wildman–Crippen LogP) is 2.96. The van der Waals surface area contributed by atoms with E-state index in [-0.39, 0.29) is 0 Å². The third-order valence-corrected chi connectivity index (χ3v) is 4.66. The van der Waals surface area contributed by atoms with Gasteiger partial charge in [0.15, 0.2) is 0 Å². The highest BCUT2D eigenvalue weighted by molar-refractivity contribution is 14.4. The van der Waals surface area contributed by atoms with Gasteiger partial charge < -0.3 is 0 Å². The van der Waals surface area contributed by atoms with Crippen LogP contribution in [0.3, 0.4) is 0 Å². The molecule has 0 fully saturated rings. The van der Waals surface area contributed by atoms with Crippen LogP contribution in [0.2, 0.25) is 0 Å². The van der Waals surface area contributed by atoms with Gasteiger partial charge in [-0.1, -0.05) is 71.1 Å². The van der Waals surface area contributed by atoms with Gasteiger partial charge in [-0.2, -0.15) is 0 Å². The van der Waals surface area contributed by atoms with Gasteiger partial charge in [0.25, 0.3) is 0.564 Å². The van der Waals surface area contributed by atoms with Crippen molar-refractivity contribution < 1.29 is 0 Å². The van der Waals surface area contributed by atoms with Gasteiger partial charge in [0.05, 0.1) is 0 Å². The van der Waals surface area contributed by atoms with Gasteiger partial charge in [-0.05, 0) is 0 Å². The Labute approximate surface area is 76.8 Å². The van der Waals surface area contributed by atoms with E-state index in [1.807, 2.05) is 5.70 Å². The maximum Gasteiger partial charge on any atom is 0.276 e. The molecule has 0 bridgehead atoms. The lowest BCUT2D eigenvalue weighted by atomic mass is 11.3. The maximum atomic E-state index is 3.67. The molecule has 6 heavy (non-hydrogen) atoms. The highest BCUT2D eigenvalue weighted by Crippen LogP contribution is 2.29. The third-order valence-electron chi connectivity index (χ3n) is 0.231. The summed E-state index contributed by atoms with van der Waals surface area (Å²) < 4.78 is -0.957. The van der Waals surface area contributed by atoms with Gasteiger partial charge in [0, 0.05) is 0 Å².